The van der Waals surface area contributed by atoms with Gasteiger partial charge in [-0.15, -0.1) is 5.10 Å². The van der Waals surface area contributed by atoms with Crippen LogP contribution in [0.3, 0.4) is 0 Å². The Labute approximate surface area is 212 Å². The quantitative estimate of drug-likeness (QED) is 0.472. The van der Waals surface area contributed by atoms with E-state index >= 15 is 4.39 Å². The van der Waals surface area contributed by atoms with Gasteiger partial charge in [0.15, 0.2) is 0 Å². The Kier molecular flexibility index (Phi) is 7.36. The molecule has 0 fully saturated rings. The summed E-state index contributed by atoms with van der Waals surface area (Å²) < 4.78 is 31.0. The second kappa shape index (κ2) is 10.3. The first kappa shape index (κ1) is 25.7. The molecule has 0 saturated carbocycles. The molecule has 0 amide bonds. The Hall–Kier alpha value is -3.39. The fourth-order valence-corrected chi connectivity index (χ4v) is 4.72. The molecule has 0 radical (unpaired) electrons. The summed E-state index contributed by atoms with van der Waals surface area (Å²) in [5.41, 5.74) is 5.46. The summed E-state index contributed by atoms with van der Waals surface area (Å²) in [6.45, 7) is 16.7. The highest BCUT2D eigenvalue weighted by atomic mass is 19.1. The van der Waals surface area contributed by atoms with Crippen LogP contribution >= 0.6 is 0 Å². The third kappa shape index (κ3) is 4.82. The SMILES string of the molecule is C=C1/C=C/c2c(OC)nn(C(C)C)c2CN(CC)C[C@@H](C)Oc2c(cnn2C)-c2cc1c(C)cc2F. The van der Waals surface area contributed by atoms with Crippen molar-refractivity contribution in [3.63, 3.8) is 0 Å². The molecule has 0 saturated heterocycles. The second-order valence-electron chi connectivity index (χ2n) is 9.66. The number of ether oxygens (including phenoxy) is 2. The zero-order valence-corrected chi connectivity index (χ0v) is 22.3. The van der Waals surface area contributed by atoms with Gasteiger partial charge in [0, 0.05) is 31.7 Å². The van der Waals surface area contributed by atoms with Gasteiger partial charge in [0.05, 0.1) is 30.1 Å². The predicted octanol–water partition coefficient (Wildman–Crippen LogP) is 5.65. The first-order chi connectivity index (χ1) is 17.1. The highest BCUT2D eigenvalue weighted by molar-refractivity contribution is 5.83. The van der Waals surface area contributed by atoms with Crippen molar-refractivity contribution in [3.8, 4) is 22.9 Å². The van der Waals surface area contributed by atoms with Gasteiger partial charge in [-0.3, -0.25) is 9.58 Å². The van der Waals surface area contributed by atoms with Crippen LogP contribution in [-0.2, 0) is 13.6 Å². The van der Waals surface area contributed by atoms with Crippen molar-refractivity contribution in [1.29, 1.82) is 0 Å². The normalized spacial score (nSPS) is 17.7. The van der Waals surface area contributed by atoms with Gasteiger partial charge >= 0.3 is 0 Å². The smallest absolute Gasteiger partial charge is 0.240 e. The molecule has 0 unspecified atom stereocenters. The summed E-state index contributed by atoms with van der Waals surface area (Å²) in [7, 11) is 3.45. The lowest BCUT2D eigenvalue weighted by atomic mass is 9.95. The number of methoxy groups -OCH3 is 1. The van der Waals surface area contributed by atoms with E-state index < -0.39 is 0 Å². The standard InChI is InChI=1S/C28H36FN5O2/c1-9-33-15-20(6)36-28-24(14-30-32(28)7)23-13-22(19(5)12-25(23)29)18(4)10-11-21-26(16-33)34(17(2)3)31-27(21)35-8/h10-14,17,20H,4,9,15-16H2,1-3,5-8H3/b11-10+/t20-/m1/s1. The van der Waals surface area contributed by atoms with Crippen LogP contribution in [0.15, 0.2) is 31.0 Å². The molecule has 3 aromatic rings. The van der Waals surface area contributed by atoms with Crippen molar-refractivity contribution in [2.45, 2.75) is 53.3 Å². The molecular weight excluding hydrogens is 457 g/mol. The maximum absolute atomic E-state index is 15.2. The van der Waals surface area contributed by atoms with Gasteiger partial charge in [-0.05, 0) is 69.1 Å². The molecule has 3 heterocycles. The van der Waals surface area contributed by atoms with E-state index in [-0.39, 0.29) is 18.0 Å². The number of benzene rings is 1. The minimum atomic E-state index is -0.319. The number of hydrogen-bond acceptors (Lipinski definition) is 5. The Morgan fingerprint density at radius 2 is 1.97 bits per heavy atom. The maximum Gasteiger partial charge on any atom is 0.240 e. The largest absolute Gasteiger partial charge is 0.480 e. The molecule has 1 aliphatic heterocycles. The second-order valence-corrected chi connectivity index (χ2v) is 9.66. The average Bonchev–Trinajstić information content (AvgIpc) is 3.36. The molecule has 0 N–H and O–H groups in total. The van der Waals surface area contributed by atoms with Crippen molar-refractivity contribution >= 4 is 11.6 Å². The predicted molar refractivity (Wildman–Crippen MR) is 142 cm³/mol. The van der Waals surface area contributed by atoms with Crippen LogP contribution in [0.5, 0.6) is 11.8 Å². The van der Waals surface area contributed by atoms with Crippen molar-refractivity contribution in [2.24, 2.45) is 7.05 Å². The summed E-state index contributed by atoms with van der Waals surface area (Å²) in [4.78, 5) is 2.31. The first-order valence-corrected chi connectivity index (χ1v) is 12.4. The van der Waals surface area contributed by atoms with Gasteiger partial charge in [-0.1, -0.05) is 19.6 Å². The molecule has 1 aromatic carbocycles. The van der Waals surface area contributed by atoms with Gasteiger partial charge in [-0.2, -0.15) is 5.10 Å². The summed E-state index contributed by atoms with van der Waals surface area (Å²) >= 11 is 0. The van der Waals surface area contributed by atoms with E-state index in [2.05, 4.69) is 37.3 Å². The molecular formula is C28H36FN5O2. The van der Waals surface area contributed by atoms with Gasteiger partial charge in [0.25, 0.3) is 0 Å². The number of aromatic nitrogens is 4. The maximum atomic E-state index is 15.2. The number of rotatable bonds is 3. The Morgan fingerprint density at radius 3 is 2.64 bits per heavy atom. The number of nitrogens with zero attached hydrogens (tertiary/aromatic N) is 5. The van der Waals surface area contributed by atoms with Crippen LogP contribution in [-0.4, -0.2) is 50.8 Å². The summed E-state index contributed by atoms with van der Waals surface area (Å²) in [5, 5.41) is 9.12. The molecule has 2 bridgehead atoms. The van der Waals surface area contributed by atoms with Gasteiger partial charge in [0.1, 0.15) is 11.9 Å². The van der Waals surface area contributed by atoms with E-state index in [1.165, 1.54) is 0 Å². The van der Waals surface area contributed by atoms with Crippen molar-refractivity contribution < 1.29 is 13.9 Å². The van der Waals surface area contributed by atoms with Crippen molar-refractivity contribution in [1.82, 2.24) is 24.5 Å². The zero-order valence-electron chi connectivity index (χ0n) is 22.3. The summed E-state index contributed by atoms with van der Waals surface area (Å²) in [5.74, 6) is 0.792. The topological polar surface area (TPSA) is 57.3 Å². The van der Waals surface area contributed by atoms with Crippen molar-refractivity contribution in [2.75, 3.05) is 20.2 Å². The van der Waals surface area contributed by atoms with Crippen LogP contribution in [0.1, 0.15) is 56.1 Å². The number of allylic oxidation sites excluding steroid dienone is 2. The van der Waals surface area contributed by atoms with Gasteiger partial charge in [0.2, 0.25) is 11.8 Å². The van der Waals surface area contributed by atoms with E-state index in [9.17, 15) is 0 Å². The molecule has 7 nitrogen and oxygen atoms in total. The van der Waals surface area contributed by atoms with Crippen molar-refractivity contribution in [3.05, 3.63) is 59.2 Å². The van der Waals surface area contributed by atoms with Gasteiger partial charge in [-0.25, -0.2) is 9.07 Å². The number of halogens is 1. The third-order valence-electron chi connectivity index (χ3n) is 6.63. The molecule has 4 rings (SSSR count). The summed E-state index contributed by atoms with van der Waals surface area (Å²) in [6, 6.07) is 3.54. The average molecular weight is 494 g/mol. The Morgan fingerprint density at radius 1 is 1.22 bits per heavy atom. The number of fused-ring (bicyclic) bond motifs is 5. The molecule has 0 spiro atoms. The summed E-state index contributed by atoms with van der Waals surface area (Å²) in [6.07, 6.45) is 5.46. The Balaban J connectivity index is 1.92. The lowest BCUT2D eigenvalue weighted by molar-refractivity contribution is 0.134. The van der Waals surface area contributed by atoms with E-state index in [1.807, 2.05) is 43.8 Å². The zero-order chi connectivity index (χ0) is 26.1. The van der Waals surface area contributed by atoms with E-state index in [4.69, 9.17) is 14.6 Å². The monoisotopic (exact) mass is 493 g/mol. The minimum Gasteiger partial charge on any atom is -0.480 e. The lowest BCUT2D eigenvalue weighted by Gasteiger charge is -2.26. The first-order valence-electron chi connectivity index (χ1n) is 12.4. The third-order valence-corrected chi connectivity index (χ3v) is 6.63. The highest BCUT2D eigenvalue weighted by Gasteiger charge is 2.24. The molecule has 192 valence electrons. The molecule has 1 atom stereocenters. The molecule has 0 aliphatic carbocycles. The highest BCUT2D eigenvalue weighted by Crippen LogP contribution is 2.36. The number of aryl methyl sites for hydroxylation is 2. The van der Waals surface area contributed by atoms with Crippen LogP contribution in [0, 0.1) is 12.7 Å². The Bertz CT molecular complexity index is 1300. The van der Waals surface area contributed by atoms with Crippen LogP contribution in [0.25, 0.3) is 22.8 Å². The molecule has 8 heteroatoms. The van der Waals surface area contributed by atoms with Crippen LogP contribution in [0.4, 0.5) is 4.39 Å². The fraction of sp³-hybridized carbons (Fsp3) is 0.429. The molecule has 36 heavy (non-hydrogen) atoms. The van der Waals surface area contributed by atoms with E-state index in [1.54, 1.807) is 24.1 Å². The number of hydrogen-bond donors (Lipinski definition) is 0. The fourth-order valence-electron chi connectivity index (χ4n) is 4.72. The number of likely N-dealkylation sites (N-methyl/N-ethyl adjacent to an activating group) is 1. The molecule has 1 aliphatic rings. The van der Waals surface area contributed by atoms with Crippen LogP contribution < -0.4 is 9.47 Å². The lowest BCUT2D eigenvalue weighted by Crippen LogP contribution is -2.34. The van der Waals surface area contributed by atoms with E-state index in [0.717, 1.165) is 34.5 Å². The molecule has 2 aromatic heterocycles. The van der Waals surface area contributed by atoms with Crippen LogP contribution in [0.2, 0.25) is 0 Å². The van der Waals surface area contributed by atoms with Gasteiger partial charge < -0.3 is 9.47 Å². The minimum absolute atomic E-state index is 0.160. The van der Waals surface area contributed by atoms with E-state index in [0.29, 0.717) is 36.0 Å².